The van der Waals surface area contributed by atoms with Gasteiger partial charge in [0.1, 0.15) is 0 Å². The van der Waals surface area contributed by atoms with E-state index in [4.69, 9.17) is 16.3 Å². The molecule has 0 saturated carbocycles. The first-order valence-corrected chi connectivity index (χ1v) is 9.30. The maximum Gasteiger partial charge on any atom is 0.311 e. The second-order valence-electron chi connectivity index (χ2n) is 5.83. The van der Waals surface area contributed by atoms with Gasteiger partial charge < -0.3 is 4.74 Å². The first-order valence-electron chi connectivity index (χ1n) is 8.05. The number of esters is 1. The summed E-state index contributed by atoms with van der Waals surface area (Å²) in [5.74, 6) is -2.66. The molecule has 1 N–H and O–H groups in total. The minimum atomic E-state index is -0.750. The maximum atomic E-state index is 12.2. The molecule has 1 atom stereocenters. The SMILES string of the molecule is O=C(COC(=O)[C@H]1CC(=O)N(NC(=O)c2ccccc2Cl)C1)c1cccs1. The number of Topliss-reactive ketones (excluding diaryl/α,β-unsaturated/α-hetero) is 1. The van der Waals surface area contributed by atoms with E-state index in [2.05, 4.69) is 5.43 Å². The van der Waals surface area contributed by atoms with Gasteiger partial charge in [0.25, 0.3) is 5.91 Å². The Morgan fingerprint density at radius 2 is 2.00 bits per heavy atom. The van der Waals surface area contributed by atoms with Crippen LogP contribution in [0.1, 0.15) is 26.5 Å². The molecular formula is C18H15ClN2O5S. The van der Waals surface area contributed by atoms with Crippen molar-refractivity contribution in [2.75, 3.05) is 13.2 Å². The highest BCUT2D eigenvalue weighted by molar-refractivity contribution is 7.12. The lowest BCUT2D eigenvalue weighted by molar-refractivity contribution is -0.147. The first-order chi connectivity index (χ1) is 13.0. The summed E-state index contributed by atoms with van der Waals surface area (Å²) in [6, 6.07) is 9.80. The zero-order valence-electron chi connectivity index (χ0n) is 14.0. The zero-order valence-corrected chi connectivity index (χ0v) is 15.6. The molecule has 0 radical (unpaired) electrons. The Bertz CT molecular complexity index is 884. The number of hydrazine groups is 1. The van der Waals surface area contributed by atoms with Crippen LogP contribution in [0.2, 0.25) is 5.02 Å². The molecule has 27 heavy (non-hydrogen) atoms. The van der Waals surface area contributed by atoms with Gasteiger partial charge in [-0.2, -0.15) is 0 Å². The van der Waals surface area contributed by atoms with E-state index >= 15 is 0 Å². The average Bonchev–Trinajstić information content (AvgIpc) is 3.30. The monoisotopic (exact) mass is 406 g/mol. The zero-order chi connectivity index (χ0) is 19.4. The van der Waals surface area contributed by atoms with Crippen LogP contribution in [-0.2, 0) is 14.3 Å². The minimum absolute atomic E-state index is 0.0267. The number of thiophene rings is 1. The van der Waals surface area contributed by atoms with E-state index in [-0.39, 0.29) is 35.9 Å². The Balaban J connectivity index is 1.53. The molecule has 140 valence electrons. The van der Waals surface area contributed by atoms with Crippen LogP contribution in [-0.4, -0.2) is 41.7 Å². The van der Waals surface area contributed by atoms with Gasteiger partial charge in [-0.1, -0.05) is 29.8 Å². The highest BCUT2D eigenvalue weighted by Gasteiger charge is 2.37. The molecule has 2 amide bonds. The van der Waals surface area contributed by atoms with Gasteiger partial charge in [0, 0.05) is 6.42 Å². The molecule has 7 nitrogen and oxygen atoms in total. The molecule has 1 saturated heterocycles. The van der Waals surface area contributed by atoms with Crippen molar-refractivity contribution in [2.45, 2.75) is 6.42 Å². The second kappa shape index (κ2) is 8.32. The lowest BCUT2D eigenvalue weighted by Gasteiger charge is -2.18. The molecule has 1 aliphatic rings. The Labute approximate surface area is 163 Å². The molecule has 2 heterocycles. The van der Waals surface area contributed by atoms with E-state index in [1.807, 2.05) is 0 Å². The lowest BCUT2D eigenvalue weighted by Crippen LogP contribution is -2.43. The van der Waals surface area contributed by atoms with Crippen molar-refractivity contribution in [2.24, 2.45) is 5.92 Å². The molecule has 3 rings (SSSR count). The fraction of sp³-hybridized carbons (Fsp3) is 0.222. The van der Waals surface area contributed by atoms with E-state index in [9.17, 15) is 19.2 Å². The van der Waals surface area contributed by atoms with E-state index in [1.165, 1.54) is 17.4 Å². The van der Waals surface area contributed by atoms with Gasteiger partial charge in [-0.25, -0.2) is 0 Å². The summed E-state index contributed by atoms with van der Waals surface area (Å²) in [6.07, 6.45) is -0.102. The Hall–Kier alpha value is -2.71. The van der Waals surface area contributed by atoms with Gasteiger partial charge >= 0.3 is 5.97 Å². The highest BCUT2D eigenvalue weighted by atomic mass is 35.5. The number of rotatable bonds is 6. The summed E-state index contributed by atoms with van der Waals surface area (Å²) in [6.45, 7) is -0.406. The standard InChI is InChI=1S/C18H15ClN2O5S/c19-13-5-2-1-4-12(13)17(24)20-21-9-11(8-16(21)23)18(25)26-10-14(22)15-6-3-7-27-15/h1-7,11H,8-10H2,(H,20,24)/t11-/m0/s1. The van der Waals surface area contributed by atoms with Crippen molar-refractivity contribution in [1.82, 2.24) is 10.4 Å². The van der Waals surface area contributed by atoms with Gasteiger partial charge in [-0.05, 0) is 23.6 Å². The van der Waals surface area contributed by atoms with Crippen molar-refractivity contribution in [1.29, 1.82) is 0 Å². The lowest BCUT2D eigenvalue weighted by atomic mass is 10.1. The van der Waals surface area contributed by atoms with Crippen molar-refractivity contribution in [3.63, 3.8) is 0 Å². The van der Waals surface area contributed by atoms with Crippen molar-refractivity contribution < 1.29 is 23.9 Å². The topological polar surface area (TPSA) is 92.8 Å². The summed E-state index contributed by atoms with van der Waals surface area (Å²) in [4.78, 5) is 48.8. The van der Waals surface area contributed by atoms with Gasteiger partial charge in [-0.15, -0.1) is 11.3 Å². The number of halogens is 1. The number of nitrogens with zero attached hydrogens (tertiary/aromatic N) is 1. The van der Waals surface area contributed by atoms with Gasteiger partial charge in [-0.3, -0.25) is 29.6 Å². The summed E-state index contributed by atoms with van der Waals surface area (Å²) in [7, 11) is 0. The third-order valence-electron chi connectivity index (χ3n) is 3.95. The van der Waals surface area contributed by atoms with Crippen molar-refractivity contribution in [3.8, 4) is 0 Å². The van der Waals surface area contributed by atoms with Gasteiger partial charge in [0.05, 0.1) is 27.9 Å². The third-order valence-corrected chi connectivity index (χ3v) is 5.20. The van der Waals surface area contributed by atoms with Crippen LogP contribution < -0.4 is 5.43 Å². The summed E-state index contributed by atoms with van der Waals surface area (Å²) >= 11 is 7.22. The molecule has 1 aliphatic heterocycles. The maximum absolute atomic E-state index is 12.2. The second-order valence-corrected chi connectivity index (χ2v) is 7.19. The molecule has 0 spiro atoms. The molecule has 1 fully saturated rings. The molecule has 0 bridgehead atoms. The van der Waals surface area contributed by atoms with Crippen molar-refractivity contribution in [3.05, 3.63) is 57.2 Å². The predicted molar refractivity (Wildman–Crippen MR) is 98.3 cm³/mol. The van der Waals surface area contributed by atoms with Crippen LogP contribution in [0.4, 0.5) is 0 Å². The average molecular weight is 407 g/mol. The molecule has 9 heteroatoms. The normalized spacial score (nSPS) is 16.3. The Morgan fingerprint density at radius 1 is 1.22 bits per heavy atom. The van der Waals surface area contributed by atoms with Crippen LogP contribution >= 0.6 is 22.9 Å². The summed E-state index contributed by atoms with van der Waals surface area (Å²) in [5, 5.41) is 3.08. The van der Waals surface area contributed by atoms with Gasteiger partial charge in [0.15, 0.2) is 6.61 Å². The van der Waals surface area contributed by atoms with Crippen LogP contribution in [0.3, 0.4) is 0 Å². The molecular weight excluding hydrogens is 392 g/mol. The number of ether oxygens (including phenoxy) is 1. The van der Waals surface area contributed by atoms with E-state index < -0.39 is 23.7 Å². The number of carbonyl (C=O) groups is 4. The van der Waals surface area contributed by atoms with Crippen LogP contribution in [0.15, 0.2) is 41.8 Å². The number of carbonyl (C=O) groups excluding carboxylic acids is 4. The summed E-state index contributed by atoms with van der Waals surface area (Å²) in [5.41, 5.74) is 2.67. The Kier molecular flexibility index (Phi) is 5.88. The van der Waals surface area contributed by atoms with Crippen LogP contribution in [0.5, 0.6) is 0 Å². The molecule has 1 aromatic carbocycles. The summed E-state index contributed by atoms with van der Waals surface area (Å²) < 4.78 is 5.02. The molecule has 0 aliphatic carbocycles. The number of ketones is 1. The van der Waals surface area contributed by atoms with E-state index in [0.717, 1.165) is 5.01 Å². The number of benzene rings is 1. The highest BCUT2D eigenvalue weighted by Crippen LogP contribution is 2.20. The number of hydrogen-bond acceptors (Lipinski definition) is 6. The van der Waals surface area contributed by atoms with Gasteiger partial charge in [0.2, 0.25) is 11.7 Å². The number of nitrogens with one attached hydrogen (secondary N) is 1. The third kappa shape index (κ3) is 4.53. The van der Waals surface area contributed by atoms with E-state index in [1.54, 1.807) is 35.7 Å². The fourth-order valence-corrected chi connectivity index (χ4v) is 3.44. The number of hydrogen-bond donors (Lipinski definition) is 1. The minimum Gasteiger partial charge on any atom is -0.457 e. The number of amides is 2. The molecule has 0 unspecified atom stereocenters. The van der Waals surface area contributed by atoms with E-state index in [0.29, 0.717) is 4.88 Å². The van der Waals surface area contributed by atoms with Crippen molar-refractivity contribution >= 4 is 46.5 Å². The largest absolute Gasteiger partial charge is 0.457 e. The predicted octanol–water partition coefficient (Wildman–Crippen LogP) is 2.32. The quantitative estimate of drug-likeness (QED) is 0.587. The first kappa shape index (κ1) is 19.1. The smallest absolute Gasteiger partial charge is 0.311 e. The van der Waals surface area contributed by atoms with Crippen LogP contribution in [0.25, 0.3) is 0 Å². The fourth-order valence-electron chi connectivity index (χ4n) is 2.56. The molecule has 1 aromatic heterocycles. The Morgan fingerprint density at radius 3 is 2.70 bits per heavy atom. The van der Waals surface area contributed by atoms with Crippen LogP contribution in [0, 0.1) is 5.92 Å². The molecule has 2 aromatic rings.